The van der Waals surface area contributed by atoms with Crippen LogP contribution in [0.5, 0.6) is 0 Å². The molecule has 0 saturated carbocycles. The number of aryl methyl sites for hydroxylation is 1. The molecule has 4 heteroatoms. The number of aromatic nitrogens is 2. The number of hydrogen-bond donors (Lipinski definition) is 0. The third-order valence-corrected chi connectivity index (χ3v) is 3.04. The van der Waals surface area contributed by atoms with E-state index in [0.717, 1.165) is 31.8 Å². The van der Waals surface area contributed by atoms with Gasteiger partial charge in [0, 0.05) is 13.0 Å². The zero-order valence-electron chi connectivity index (χ0n) is 11.7. The molecule has 0 amide bonds. The molecule has 2 aromatic rings. The van der Waals surface area contributed by atoms with Crippen molar-refractivity contribution < 1.29 is 4.52 Å². The van der Waals surface area contributed by atoms with Crippen LogP contribution in [0.3, 0.4) is 0 Å². The standard InChI is InChI=1S/C15H21N3O/c1-3-8-14-16-15(19-17-14)12-18(4-2)11-13-9-6-5-7-10-13/h5-7,9-10H,3-4,8,11-12H2,1-2H3. The molecule has 0 radical (unpaired) electrons. The summed E-state index contributed by atoms with van der Waals surface area (Å²) in [4.78, 5) is 6.70. The Balaban J connectivity index is 1.94. The van der Waals surface area contributed by atoms with E-state index in [1.165, 1.54) is 5.56 Å². The Morgan fingerprint density at radius 3 is 2.58 bits per heavy atom. The minimum Gasteiger partial charge on any atom is -0.338 e. The molecular formula is C15H21N3O. The van der Waals surface area contributed by atoms with Gasteiger partial charge in [0.05, 0.1) is 6.54 Å². The van der Waals surface area contributed by atoms with Gasteiger partial charge in [0.2, 0.25) is 5.89 Å². The molecule has 0 aliphatic carbocycles. The van der Waals surface area contributed by atoms with E-state index in [1.807, 2.05) is 6.07 Å². The van der Waals surface area contributed by atoms with Gasteiger partial charge in [-0.15, -0.1) is 0 Å². The molecule has 0 fully saturated rings. The van der Waals surface area contributed by atoms with Gasteiger partial charge in [-0.05, 0) is 18.5 Å². The highest BCUT2D eigenvalue weighted by molar-refractivity contribution is 5.14. The lowest BCUT2D eigenvalue weighted by atomic mass is 10.2. The molecule has 0 aliphatic rings. The fourth-order valence-electron chi connectivity index (χ4n) is 1.99. The Bertz CT molecular complexity index is 481. The third kappa shape index (κ3) is 4.17. The molecule has 1 heterocycles. The monoisotopic (exact) mass is 259 g/mol. The Kier molecular flexibility index (Phi) is 5.10. The molecule has 0 saturated heterocycles. The predicted octanol–water partition coefficient (Wildman–Crippen LogP) is 3.04. The van der Waals surface area contributed by atoms with Crippen LogP contribution in [-0.4, -0.2) is 21.6 Å². The smallest absolute Gasteiger partial charge is 0.240 e. The summed E-state index contributed by atoms with van der Waals surface area (Å²) in [7, 11) is 0. The summed E-state index contributed by atoms with van der Waals surface area (Å²) in [5.41, 5.74) is 1.30. The summed E-state index contributed by atoms with van der Waals surface area (Å²) < 4.78 is 5.28. The van der Waals surface area contributed by atoms with Crippen molar-refractivity contribution >= 4 is 0 Å². The second-order valence-electron chi connectivity index (χ2n) is 4.64. The van der Waals surface area contributed by atoms with Crippen LogP contribution >= 0.6 is 0 Å². The number of nitrogens with zero attached hydrogens (tertiary/aromatic N) is 3. The average molecular weight is 259 g/mol. The topological polar surface area (TPSA) is 42.2 Å². The SMILES string of the molecule is CCCc1noc(CN(CC)Cc2ccccc2)n1. The van der Waals surface area contributed by atoms with Crippen molar-refractivity contribution in [1.82, 2.24) is 15.0 Å². The van der Waals surface area contributed by atoms with E-state index in [1.54, 1.807) is 0 Å². The van der Waals surface area contributed by atoms with Crippen molar-refractivity contribution in [2.24, 2.45) is 0 Å². The van der Waals surface area contributed by atoms with Crippen LogP contribution < -0.4 is 0 Å². The molecule has 0 aliphatic heterocycles. The van der Waals surface area contributed by atoms with Crippen LogP contribution in [-0.2, 0) is 19.5 Å². The van der Waals surface area contributed by atoms with Gasteiger partial charge in [0.1, 0.15) is 0 Å². The van der Waals surface area contributed by atoms with Crippen molar-refractivity contribution in [3.8, 4) is 0 Å². The van der Waals surface area contributed by atoms with Crippen LogP contribution in [0.2, 0.25) is 0 Å². The normalized spacial score (nSPS) is 11.1. The molecule has 4 nitrogen and oxygen atoms in total. The molecule has 0 bridgehead atoms. The summed E-state index contributed by atoms with van der Waals surface area (Å²) in [6, 6.07) is 10.4. The zero-order chi connectivity index (χ0) is 13.5. The third-order valence-electron chi connectivity index (χ3n) is 3.04. The molecule has 0 unspecified atom stereocenters. The quantitative estimate of drug-likeness (QED) is 0.766. The first-order valence-electron chi connectivity index (χ1n) is 6.89. The first-order chi connectivity index (χ1) is 9.31. The second kappa shape index (κ2) is 7.04. The number of benzene rings is 1. The molecule has 2 rings (SSSR count). The first-order valence-corrected chi connectivity index (χ1v) is 6.89. The largest absolute Gasteiger partial charge is 0.338 e. The van der Waals surface area contributed by atoms with Crippen molar-refractivity contribution in [2.75, 3.05) is 6.54 Å². The van der Waals surface area contributed by atoms with Gasteiger partial charge in [-0.25, -0.2) is 0 Å². The van der Waals surface area contributed by atoms with E-state index in [-0.39, 0.29) is 0 Å². The molecule has 1 aromatic carbocycles. The van der Waals surface area contributed by atoms with E-state index in [0.29, 0.717) is 12.4 Å². The van der Waals surface area contributed by atoms with E-state index < -0.39 is 0 Å². The van der Waals surface area contributed by atoms with Crippen LogP contribution in [0, 0.1) is 0 Å². The molecule has 0 spiro atoms. The maximum atomic E-state index is 5.28. The van der Waals surface area contributed by atoms with Gasteiger partial charge in [-0.3, -0.25) is 4.90 Å². The lowest BCUT2D eigenvalue weighted by Crippen LogP contribution is -2.22. The second-order valence-corrected chi connectivity index (χ2v) is 4.64. The highest BCUT2D eigenvalue weighted by atomic mass is 16.5. The van der Waals surface area contributed by atoms with E-state index >= 15 is 0 Å². The summed E-state index contributed by atoms with van der Waals surface area (Å²) >= 11 is 0. The minimum absolute atomic E-state index is 0.709. The fraction of sp³-hybridized carbons (Fsp3) is 0.467. The van der Waals surface area contributed by atoms with Gasteiger partial charge >= 0.3 is 0 Å². The molecule has 102 valence electrons. The van der Waals surface area contributed by atoms with Crippen molar-refractivity contribution in [1.29, 1.82) is 0 Å². The molecule has 1 aromatic heterocycles. The summed E-state index contributed by atoms with van der Waals surface area (Å²) in [5.74, 6) is 1.52. The highest BCUT2D eigenvalue weighted by Gasteiger charge is 2.10. The van der Waals surface area contributed by atoms with Crippen LogP contribution in [0.25, 0.3) is 0 Å². The van der Waals surface area contributed by atoms with Crippen molar-refractivity contribution in [3.05, 3.63) is 47.6 Å². The number of hydrogen-bond acceptors (Lipinski definition) is 4. The highest BCUT2D eigenvalue weighted by Crippen LogP contribution is 2.09. The van der Waals surface area contributed by atoms with E-state index in [9.17, 15) is 0 Å². The van der Waals surface area contributed by atoms with Gasteiger partial charge < -0.3 is 4.52 Å². The molecule has 19 heavy (non-hydrogen) atoms. The van der Waals surface area contributed by atoms with Crippen LogP contribution in [0.1, 0.15) is 37.5 Å². The minimum atomic E-state index is 0.709. The van der Waals surface area contributed by atoms with Crippen LogP contribution in [0.4, 0.5) is 0 Å². The zero-order valence-corrected chi connectivity index (χ0v) is 11.7. The average Bonchev–Trinajstić information content (AvgIpc) is 2.87. The lowest BCUT2D eigenvalue weighted by molar-refractivity contribution is 0.228. The fourth-order valence-corrected chi connectivity index (χ4v) is 1.99. The molecule has 0 atom stereocenters. The van der Waals surface area contributed by atoms with Crippen molar-refractivity contribution in [2.45, 2.75) is 39.8 Å². The summed E-state index contributed by atoms with van der Waals surface area (Å²) in [6.07, 6.45) is 1.93. The number of rotatable bonds is 7. The van der Waals surface area contributed by atoms with E-state index in [4.69, 9.17) is 4.52 Å². The van der Waals surface area contributed by atoms with E-state index in [2.05, 4.69) is 53.2 Å². The molecule has 0 N–H and O–H groups in total. The summed E-state index contributed by atoms with van der Waals surface area (Å²) in [6.45, 7) is 6.83. The van der Waals surface area contributed by atoms with Gasteiger partial charge in [0.15, 0.2) is 5.82 Å². The lowest BCUT2D eigenvalue weighted by Gasteiger charge is -2.18. The van der Waals surface area contributed by atoms with Crippen molar-refractivity contribution in [3.63, 3.8) is 0 Å². The van der Waals surface area contributed by atoms with Gasteiger partial charge in [0.25, 0.3) is 0 Å². The Morgan fingerprint density at radius 2 is 1.89 bits per heavy atom. The Hall–Kier alpha value is -1.68. The maximum absolute atomic E-state index is 5.28. The van der Waals surface area contributed by atoms with Crippen LogP contribution in [0.15, 0.2) is 34.9 Å². The Morgan fingerprint density at radius 1 is 1.11 bits per heavy atom. The predicted molar refractivity (Wildman–Crippen MR) is 74.5 cm³/mol. The molecular weight excluding hydrogens is 238 g/mol. The Labute approximate surface area is 114 Å². The van der Waals surface area contributed by atoms with Gasteiger partial charge in [-0.1, -0.05) is 49.3 Å². The first kappa shape index (κ1) is 13.7. The summed E-state index contributed by atoms with van der Waals surface area (Å²) in [5, 5.41) is 3.99. The maximum Gasteiger partial charge on any atom is 0.240 e. The van der Waals surface area contributed by atoms with Gasteiger partial charge in [-0.2, -0.15) is 4.98 Å².